The van der Waals surface area contributed by atoms with Crippen molar-refractivity contribution in [3.63, 3.8) is 0 Å². The number of aryl methyl sites for hydroxylation is 2. The molecule has 5 aromatic heterocycles. The second-order valence-corrected chi connectivity index (χ2v) is 12.6. The summed E-state index contributed by atoms with van der Waals surface area (Å²) in [6.07, 6.45) is 3.61. The number of fused-ring (bicyclic) bond motifs is 2. The van der Waals surface area contributed by atoms with E-state index < -0.39 is 0 Å². The molecule has 0 saturated carbocycles. The average Bonchev–Trinajstić information content (AvgIpc) is 4.09. The summed E-state index contributed by atoms with van der Waals surface area (Å²) in [5.74, 6) is 1.71. The molecule has 7 nitrogen and oxygen atoms in total. The number of nitrogens with zero attached hydrogens (tertiary/aromatic N) is 7. The first-order valence-electron chi connectivity index (χ1n) is 17.7. The van der Waals surface area contributed by atoms with Crippen molar-refractivity contribution in [3.05, 3.63) is 188 Å². The van der Waals surface area contributed by atoms with Crippen LogP contribution in [0.2, 0.25) is 0 Å². The molecule has 0 aliphatic rings. The summed E-state index contributed by atoms with van der Waals surface area (Å²) >= 11 is 0. The van der Waals surface area contributed by atoms with Gasteiger partial charge in [-0.15, -0.1) is 35.9 Å². The van der Waals surface area contributed by atoms with Crippen molar-refractivity contribution in [2.45, 2.75) is 0 Å². The Morgan fingerprint density at radius 3 is 1.41 bits per heavy atom. The fourth-order valence-corrected chi connectivity index (χ4v) is 6.38. The van der Waals surface area contributed by atoms with E-state index in [1.165, 1.54) is 5.56 Å². The van der Waals surface area contributed by atoms with Crippen LogP contribution in [0.25, 0.3) is 78.7 Å². The molecule has 9 heteroatoms. The summed E-state index contributed by atoms with van der Waals surface area (Å²) in [6, 6.07) is 60.1. The van der Waals surface area contributed by atoms with Crippen molar-refractivity contribution in [1.82, 2.24) is 34.1 Å². The van der Waals surface area contributed by atoms with Gasteiger partial charge in [0.2, 0.25) is 0 Å². The first kappa shape index (κ1) is 39.6. The minimum absolute atomic E-state index is 0. The number of pyridine rings is 3. The number of hydrogen-bond acceptors (Lipinski definition) is 5. The molecular weight excluding hydrogens is 819 g/mol. The maximum absolute atomic E-state index is 4.86. The van der Waals surface area contributed by atoms with E-state index in [0.29, 0.717) is 0 Å². The number of rotatable bonds is 5. The van der Waals surface area contributed by atoms with Gasteiger partial charge in [-0.05, 0) is 48.5 Å². The molecule has 56 heavy (non-hydrogen) atoms. The quantitative estimate of drug-likeness (QED) is 0.127. The maximum atomic E-state index is 4.86. The Balaban J connectivity index is 0.000000164. The second kappa shape index (κ2) is 18.5. The largest absolute Gasteiger partial charge is 2.00 e. The van der Waals surface area contributed by atoms with E-state index in [2.05, 4.69) is 61.6 Å². The van der Waals surface area contributed by atoms with Crippen LogP contribution in [0, 0.1) is 6.07 Å². The van der Waals surface area contributed by atoms with Gasteiger partial charge in [0.1, 0.15) is 11.4 Å². The van der Waals surface area contributed by atoms with Crippen molar-refractivity contribution in [1.29, 1.82) is 0 Å². The number of benzene rings is 3. The fraction of sp³-hybridized carbons (Fsp3) is 0.0426. The van der Waals surface area contributed by atoms with Crippen LogP contribution in [-0.2, 0) is 50.6 Å². The van der Waals surface area contributed by atoms with E-state index in [9.17, 15) is 0 Å². The van der Waals surface area contributed by atoms with E-state index in [-0.39, 0.29) is 36.5 Å². The van der Waals surface area contributed by atoms with Gasteiger partial charge >= 0.3 is 36.5 Å². The van der Waals surface area contributed by atoms with Gasteiger partial charge in [0, 0.05) is 37.9 Å². The average molecular weight is 856 g/mol. The van der Waals surface area contributed by atoms with Crippen LogP contribution in [0.3, 0.4) is 0 Å². The minimum atomic E-state index is 0. The van der Waals surface area contributed by atoms with Crippen LogP contribution in [0.15, 0.2) is 182 Å². The molecule has 0 fully saturated rings. The minimum Gasteiger partial charge on any atom is -0.326 e. The van der Waals surface area contributed by atoms with Crippen molar-refractivity contribution in [3.8, 4) is 56.7 Å². The topological polar surface area (TPSA) is 74.3 Å². The number of para-hydroxylation sites is 4. The molecule has 0 bridgehead atoms. The predicted molar refractivity (Wildman–Crippen MR) is 218 cm³/mol. The molecule has 5 heterocycles. The third kappa shape index (κ3) is 8.72. The predicted octanol–water partition coefficient (Wildman–Crippen LogP) is 10.6. The molecule has 10 rings (SSSR count). The SMILES string of the molecule is Cn1c(-c2cccc(-c3nc4ccccc4n3C)n2)nc2ccccc21.[Fe+2].[Ru+2].[c-]1c(-c2ccccn2)cc(-[c-]2cccc2)cc1-c1ccccn1.c1cc[cH-]c1. The smallest absolute Gasteiger partial charge is 0.326 e. The van der Waals surface area contributed by atoms with Gasteiger partial charge in [-0.25, -0.2) is 27.1 Å². The van der Waals surface area contributed by atoms with Crippen LogP contribution in [0.1, 0.15) is 0 Å². The molecule has 0 radical (unpaired) electrons. The summed E-state index contributed by atoms with van der Waals surface area (Å²) in [6.45, 7) is 0. The molecule has 0 aliphatic carbocycles. The van der Waals surface area contributed by atoms with Crippen LogP contribution < -0.4 is 0 Å². The summed E-state index contributed by atoms with van der Waals surface area (Å²) in [7, 11) is 4.04. The van der Waals surface area contributed by atoms with Gasteiger partial charge in [0.15, 0.2) is 11.6 Å². The van der Waals surface area contributed by atoms with E-state index in [0.717, 1.165) is 73.2 Å². The summed E-state index contributed by atoms with van der Waals surface area (Å²) in [5, 5.41) is 0. The molecule has 0 spiro atoms. The van der Waals surface area contributed by atoms with Gasteiger partial charge in [-0.1, -0.05) is 71.3 Å². The fourth-order valence-electron chi connectivity index (χ4n) is 6.38. The number of imidazole rings is 2. The Bertz CT molecular complexity index is 2570. The monoisotopic (exact) mass is 856 g/mol. The molecule has 0 unspecified atom stereocenters. The number of aromatic nitrogens is 7. The van der Waals surface area contributed by atoms with Gasteiger partial charge < -0.3 is 9.13 Å². The Morgan fingerprint density at radius 1 is 0.518 bits per heavy atom. The Kier molecular flexibility index (Phi) is 13.1. The van der Waals surface area contributed by atoms with Crippen LogP contribution in [0.5, 0.6) is 0 Å². The molecule has 0 saturated heterocycles. The Morgan fingerprint density at radius 2 is 0.982 bits per heavy atom. The third-order valence-electron chi connectivity index (χ3n) is 9.08. The molecule has 5 aromatic carbocycles. The Hall–Kier alpha value is -6.11. The first-order chi connectivity index (χ1) is 26.6. The normalized spacial score (nSPS) is 10.4. The molecule has 274 valence electrons. The van der Waals surface area contributed by atoms with Crippen molar-refractivity contribution >= 4 is 22.1 Å². The summed E-state index contributed by atoms with van der Waals surface area (Å²) < 4.78 is 4.16. The second-order valence-electron chi connectivity index (χ2n) is 12.6. The third-order valence-corrected chi connectivity index (χ3v) is 9.08. The Labute approximate surface area is 349 Å². The van der Waals surface area contributed by atoms with Crippen molar-refractivity contribution in [2.24, 2.45) is 14.1 Å². The van der Waals surface area contributed by atoms with E-state index in [1.807, 2.05) is 148 Å². The van der Waals surface area contributed by atoms with Gasteiger partial charge in [0.25, 0.3) is 0 Å². The molecule has 10 aromatic rings. The molecule has 0 aliphatic heterocycles. The van der Waals surface area contributed by atoms with Gasteiger partial charge in [0.05, 0.1) is 22.1 Å². The summed E-state index contributed by atoms with van der Waals surface area (Å²) in [5.41, 5.74) is 11.9. The van der Waals surface area contributed by atoms with Crippen molar-refractivity contribution in [2.75, 3.05) is 0 Å². The van der Waals surface area contributed by atoms with Crippen LogP contribution in [-0.4, -0.2) is 34.1 Å². The first-order valence-corrected chi connectivity index (χ1v) is 17.7. The van der Waals surface area contributed by atoms with E-state index in [4.69, 9.17) is 15.0 Å². The molecule has 0 amide bonds. The maximum Gasteiger partial charge on any atom is 2.00 e. The zero-order valence-corrected chi connectivity index (χ0v) is 33.5. The van der Waals surface area contributed by atoms with Gasteiger partial charge in [-0.2, -0.15) is 30.3 Å². The zero-order chi connectivity index (χ0) is 36.7. The molecule has 0 atom stereocenters. The van der Waals surface area contributed by atoms with Crippen LogP contribution in [0.4, 0.5) is 0 Å². The standard InChI is InChI=1S/C21H17N5.C21H14N2.C5H5.Fe.Ru/c1-25-18-12-5-3-8-14(18)23-20(25)16-10-7-11-17(22-16)21-24-15-9-4-6-13-19(15)26(21)2;1-2-8-16(7-1)17-13-18(20-9-3-5-11-22-20)15-19(14-17)21-10-4-6-12-23-21;1-2-4-5-3-1;;/h3-13H,1-2H3;1-14H;1-5H;;/q;-2;-1;2*+2. The summed E-state index contributed by atoms with van der Waals surface area (Å²) in [4.78, 5) is 23.3. The van der Waals surface area contributed by atoms with E-state index >= 15 is 0 Å². The van der Waals surface area contributed by atoms with Crippen molar-refractivity contribution < 1.29 is 36.5 Å². The van der Waals surface area contributed by atoms with E-state index in [1.54, 1.807) is 12.4 Å². The van der Waals surface area contributed by atoms with Gasteiger partial charge in [-0.3, -0.25) is 9.97 Å². The zero-order valence-electron chi connectivity index (χ0n) is 30.7. The number of hydrogen-bond donors (Lipinski definition) is 0. The molecular formula is C47H36FeN7Ru+. The molecule has 0 N–H and O–H groups in total. The van der Waals surface area contributed by atoms with Crippen LogP contribution >= 0.6 is 0 Å².